The second-order valence-corrected chi connectivity index (χ2v) is 7.93. The molecule has 0 aliphatic carbocycles. The fourth-order valence-electron chi connectivity index (χ4n) is 4.17. The van der Waals surface area contributed by atoms with Crippen LogP contribution in [0.1, 0.15) is 12.5 Å². The summed E-state index contributed by atoms with van der Waals surface area (Å²) in [6.07, 6.45) is 1.86. The lowest BCUT2D eigenvalue weighted by molar-refractivity contribution is 0.122. The van der Waals surface area contributed by atoms with E-state index in [0.717, 1.165) is 82.1 Å². The van der Waals surface area contributed by atoms with E-state index in [1.54, 1.807) is 7.11 Å². The van der Waals surface area contributed by atoms with E-state index >= 15 is 0 Å². The third-order valence-electron chi connectivity index (χ3n) is 5.93. The van der Waals surface area contributed by atoms with Crippen LogP contribution in [-0.2, 0) is 11.3 Å². The summed E-state index contributed by atoms with van der Waals surface area (Å²) in [5, 5.41) is 3.48. The van der Waals surface area contributed by atoms with E-state index in [-0.39, 0.29) is 0 Å². The molecule has 4 rings (SSSR count). The molecule has 172 valence electrons. The fourth-order valence-corrected chi connectivity index (χ4v) is 4.17. The molecule has 0 atom stereocenters. The Balaban J connectivity index is 1.41. The molecule has 2 aliphatic rings. The molecule has 2 aromatic rings. The monoisotopic (exact) mass is 438 g/mol. The Morgan fingerprint density at radius 2 is 1.78 bits per heavy atom. The molecular weight excluding hydrogens is 404 g/mol. The van der Waals surface area contributed by atoms with Gasteiger partial charge in [0.2, 0.25) is 0 Å². The van der Waals surface area contributed by atoms with E-state index in [2.05, 4.69) is 50.1 Å². The number of rotatable bonds is 6. The number of pyridine rings is 1. The molecule has 0 radical (unpaired) electrons. The lowest BCUT2D eigenvalue weighted by atomic mass is 10.2. The number of nitrogens with zero attached hydrogens (tertiary/aromatic N) is 5. The second-order valence-electron chi connectivity index (χ2n) is 7.93. The van der Waals surface area contributed by atoms with Gasteiger partial charge in [-0.25, -0.2) is 9.98 Å². The minimum Gasteiger partial charge on any atom is -0.497 e. The minimum atomic E-state index is 0.613. The summed E-state index contributed by atoms with van der Waals surface area (Å²) in [6.45, 7) is 10.6. The summed E-state index contributed by atoms with van der Waals surface area (Å²) in [5.74, 6) is 2.89. The molecule has 32 heavy (non-hydrogen) atoms. The van der Waals surface area contributed by atoms with Gasteiger partial charge in [0.15, 0.2) is 5.96 Å². The topological polar surface area (TPSA) is 65.5 Å². The number of piperazine rings is 1. The first-order valence-corrected chi connectivity index (χ1v) is 11.5. The minimum absolute atomic E-state index is 0.613. The van der Waals surface area contributed by atoms with Crippen molar-refractivity contribution in [2.75, 3.05) is 75.9 Å². The Kier molecular flexibility index (Phi) is 7.66. The van der Waals surface area contributed by atoms with Crippen molar-refractivity contribution in [3.05, 3.63) is 48.2 Å². The average molecular weight is 439 g/mol. The first kappa shape index (κ1) is 22.2. The zero-order valence-electron chi connectivity index (χ0n) is 19.2. The Labute approximate surface area is 190 Å². The summed E-state index contributed by atoms with van der Waals surface area (Å²) in [4.78, 5) is 16.7. The molecule has 0 saturated carbocycles. The zero-order valence-corrected chi connectivity index (χ0v) is 19.2. The zero-order chi connectivity index (χ0) is 22.2. The van der Waals surface area contributed by atoms with E-state index in [4.69, 9.17) is 14.5 Å². The number of methoxy groups -OCH3 is 1. The number of aliphatic imine (C=N–C) groups is 1. The van der Waals surface area contributed by atoms with Crippen LogP contribution in [-0.4, -0.2) is 82.0 Å². The molecule has 2 fully saturated rings. The van der Waals surface area contributed by atoms with Gasteiger partial charge in [0.25, 0.3) is 0 Å². The molecule has 2 aliphatic heterocycles. The molecule has 8 heteroatoms. The smallest absolute Gasteiger partial charge is 0.194 e. The van der Waals surface area contributed by atoms with Crippen LogP contribution in [0, 0.1) is 0 Å². The molecule has 1 N–H and O–H groups in total. The van der Waals surface area contributed by atoms with Crippen molar-refractivity contribution in [2.45, 2.75) is 13.5 Å². The molecule has 8 nitrogen and oxygen atoms in total. The van der Waals surface area contributed by atoms with E-state index in [1.807, 2.05) is 24.4 Å². The third-order valence-corrected chi connectivity index (χ3v) is 5.93. The molecule has 0 spiro atoms. The van der Waals surface area contributed by atoms with Crippen molar-refractivity contribution in [2.24, 2.45) is 4.99 Å². The number of ether oxygens (including phenoxy) is 2. The molecule has 0 amide bonds. The van der Waals surface area contributed by atoms with Gasteiger partial charge in [0.1, 0.15) is 11.6 Å². The molecule has 3 heterocycles. The quantitative estimate of drug-likeness (QED) is 0.548. The molecule has 0 unspecified atom stereocenters. The number of hydrogen-bond acceptors (Lipinski definition) is 6. The van der Waals surface area contributed by atoms with Crippen molar-refractivity contribution in [3.8, 4) is 5.75 Å². The number of guanidine groups is 1. The Bertz CT molecular complexity index is 874. The standard InChI is InChI=1S/C24H34N6O2/c1-3-25-24(27-19-20-5-4-10-26-23(20)29-15-17-32-18-16-29)30-13-11-28(12-14-30)21-6-8-22(31-2)9-7-21/h4-10H,3,11-19H2,1-2H3,(H,25,27). The fraction of sp³-hybridized carbons (Fsp3) is 0.500. The lowest BCUT2D eigenvalue weighted by Crippen LogP contribution is -2.52. The van der Waals surface area contributed by atoms with E-state index in [1.165, 1.54) is 5.69 Å². The van der Waals surface area contributed by atoms with Gasteiger partial charge < -0.3 is 29.5 Å². The van der Waals surface area contributed by atoms with E-state index in [9.17, 15) is 0 Å². The van der Waals surface area contributed by atoms with Crippen molar-refractivity contribution >= 4 is 17.5 Å². The Morgan fingerprint density at radius 1 is 1.03 bits per heavy atom. The number of aromatic nitrogens is 1. The predicted molar refractivity (Wildman–Crippen MR) is 129 cm³/mol. The summed E-state index contributed by atoms with van der Waals surface area (Å²) < 4.78 is 10.8. The molecule has 1 aromatic heterocycles. The average Bonchev–Trinajstić information content (AvgIpc) is 2.87. The van der Waals surface area contributed by atoms with Crippen molar-refractivity contribution in [1.29, 1.82) is 0 Å². The number of hydrogen-bond donors (Lipinski definition) is 1. The van der Waals surface area contributed by atoms with Crippen LogP contribution >= 0.6 is 0 Å². The van der Waals surface area contributed by atoms with E-state index in [0.29, 0.717) is 6.54 Å². The molecule has 1 aromatic carbocycles. The van der Waals surface area contributed by atoms with Crippen molar-refractivity contribution < 1.29 is 9.47 Å². The largest absolute Gasteiger partial charge is 0.497 e. The summed E-state index contributed by atoms with van der Waals surface area (Å²) >= 11 is 0. The highest BCUT2D eigenvalue weighted by Crippen LogP contribution is 2.21. The molecule has 2 saturated heterocycles. The highest BCUT2D eigenvalue weighted by Gasteiger charge is 2.21. The first-order chi connectivity index (χ1) is 15.8. The van der Waals surface area contributed by atoms with Gasteiger partial charge >= 0.3 is 0 Å². The van der Waals surface area contributed by atoms with Crippen molar-refractivity contribution in [3.63, 3.8) is 0 Å². The van der Waals surface area contributed by atoms with Crippen LogP contribution in [0.25, 0.3) is 0 Å². The maximum absolute atomic E-state index is 5.50. The van der Waals surface area contributed by atoms with Gasteiger partial charge in [0, 0.05) is 63.3 Å². The second kappa shape index (κ2) is 11.0. The van der Waals surface area contributed by atoms with Gasteiger partial charge in [-0.3, -0.25) is 0 Å². The van der Waals surface area contributed by atoms with Gasteiger partial charge in [0.05, 0.1) is 26.9 Å². The van der Waals surface area contributed by atoms with Crippen LogP contribution in [0.3, 0.4) is 0 Å². The maximum atomic E-state index is 5.50. The summed E-state index contributed by atoms with van der Waals surface area (Å²) in [6, 6.07) is 12.4. The lowest BCUT2D eigenvalue weighted by Gasteiger charge is -2.37. The van der Waals surface area contributed by atoms with Crippen LogP contribution in [0.2, 0.25) is 0 Å². The van der Waals surface area contributed by atoms with E-state index < -0.39 is 0 Å². The predicted octanol–water partition coefficient (Wildman–Crippen LogP) is 2.21. The summed E-state index contributed by atoms with van der Waals surface area (Å²) in [5.41, 5.74) is 2.39. The van der Waals surface area contributed by atoms with Crippen LogP contribution < -0.4 is 19.9 Å². The van der Waals surface area contributed by atoms with Crippen LogP contribution in [0.4, 0.5) is 11.5 Å². The number of morpholine rings is 1. The van der Waals surface area contributed by atoms with Crippen LogP contribution in [0.15, 0.2) is 47.6 Å². The highest BCUT2D eigenvalue weighted by atomic mass is 16.5. The molecular formula is C24H34N6O2. The summed E-state index contributed by atoms with van der Waals surface area (Å²) in [7, 11) is 1.70. The number of benzene rings is 1. The Morgan fingerprint density at radius 3 is 2.47 bits per heavy atom. The third kappa shape index (κ3) is 5.43. The maximum Gasteiger partial charge on any atom is 0.194 e. The first-order valence-electron chi connectivity index (χ1n) is 11.5. The van der Waals surface area contributed by atoms with Gasteiger partial charge in [-0.05, 0) is 37.3 Å². The van der Waals surface area contributed by atoms with Crippen LogP contribution in [0.5, 0.6) is 5.75 Å². The molecule has 0 bridgehead atoms. The number of anilines is 2. The normalized spacial score (nSPS) is 17.4. The van der Waals surface area contributed by atoms with Crippen molar-refractivity contribution in [1.82, 2.24) is 15.2 Å². The van der Waals surface area contributed by atoms with Gasteiger partial charge in [-0.1, -0.05) is 6.07 Å². The highest BCUT2D eigenvalue weighted by molar-refractivity contribution is 5.80. The SMILES string of the molecule is CCNC(=NCc1cccnc1N1CCOCC1)N1CCN(c2ccc(OC)cc2)CC1. The number of nitrogens with one attached hydrogen (secondary N) is 1. The van der Waals surface area contributed by atoms with Gasteiger partial charge in [-0.15, -0.1) is 0 Å². The Hall–Kier alpha value is -3.00. The van der Waals surface area contributed by atoms with Gasteiger partial charge in [-0.2, -0.15) is 0 Å².